The molecule has 1 saturated heterocycles. The van der Waals surface area contributed by atoms with Crippen molar-refractivity contribution in [3.05, 3.63) is 22.7 Å². The summed E-state index contributed by atoms with van der Waals surface area (Å²) in [5.41, 5.74) is -0.559. The molecule has 11 heteroatoms. The van der Waals surface area contributed by atoms with Crippen LogP contribution in [0.2, 0.25) is 0 Å². The van der Waals surface area contributed by atoms with Gasteiger partial charge in [0.2, 0.25) is 0 Å². The molecule has 0 aromatic carbocycles. The van der Waals surface area contributed by atoms with Gasteiger partial charge in [-0.05, 0) is 12.5 Å². The molecule has 0 bridgehead atoms. The van der Waals surface area contributed by atoms with Crippen molar-refractivity contribution in [1.82, 2.24) is 9.55 Å². The summed E-state index contributed by atoms with van der Waals surface area (Å²) in [5.74, 6) is 0.408. The summed E-state index contributed by atoms with van der Waals surface area (Å²) < 4.78 is 29.8. The van der Waals surface area contributed by atoms with E-state index in [-0.39, 0.29) is 0 Å². The Hall–Kier alpha value is -1.29. The van der Waals surface area contributed by atoms with Crippen LogP contribution in [0.25, 0.3) is 0 Å². The summed E-state index contributed by atoms with van der Waals surface area (Å²) in [6.07, 6.45) is 15.4. The number of aliphatic hydroxyl groups excluding tert-OH is 1. The molecule has 3 unspecified atom stereocenters. The van der Waals surface area contributed by atoms with Crippen LogP contribution in [0.3, 0.4) is 0 Å². The summed E-state index contributed by atoms with van der Waals surface area (Å²) in [7, 11) is -1.65. The van der Waals surface area contributed by atoms with Gasteiger partial charge in [0.1, 0.15) is 24.1 Å². The highest BCUT2D eigenvalue weighted by Crippen LogP contribution is 2.37. The van der Waals surface area contributed by atoms with Gasteiger partial charge >= 0.3 is 13.9 Å². The van der Waals surface area contributed by atoms with Gasteiger partial charge < -0.3 is 29.3 Å². The molecule has 1 fully saturated rings. The number of nitrogens with one attached hydrogen (secondary N) is 1. The highest BCUT2D eigenvalue weighted by Gasteiger charge is 2.48. The highest BCUT2D eigenvalue weighted by atomic mass is 31.1. The molecule has 1 aromatic rings. The lowest BCUT2D eigenvalue weighted by Gasteiger charge is -2.24. The van der Waals surface area contributed by atoms with E-state index >= 15 is 0 Å². The van der Waals surface area contributed by atoms with Crippen LogP contribution in [-0.4, -0.2) is 58.1 Å². The molecule has 0 amide bonds. The molecule has 0 saturated carbocycles. The monoisotopic (exact) mass is 545 g/mol. The zero-order valence-corrected chi connectivity index (χ0v) is 23.6. The van der Waals surface area contributed by atoms with E-state index in [1.54, 1.807) is 13.1 Å². The topological polar surface area (TPSA) is 132 Å². The lowest BCUT2D eigenvalue weighted by atomic mass is 10.0. The van der Waals surface area contributed by atoms with Crippen molar-refractivity contribution >= 4 is 14.1 Å². The number of hydrogen-bond acceptors (Lipinski definition) is 8. The number of aromatic nitrogens is 2. The lowest BCUT2D eigenvalue weighted by molar-refractivity contribution is -0.0743. The van der Waals surface area contributed by atoms with Gasteiger partial charge in [0.15, 0.2) is 6.23 Å². The van der Waals surface area contributed by atoms with E-state index in [9.17, 15) is 19.4 Å². The Morgan fingerprint density at radius 2 is 1.57 bits per heavy atom. The maximum Gasteiger partial charge on any atom is 0.351 e. The van der Waals surface area contributed by atoms with E-state index in [1.807, 2.05) is 0 Å². The standard InChI is InChI=1S/C26H48N3O7P/c1-3-4-5-6-7-8-9-10-11-12-13-14-15-16-19-34-24-23(36-37(32)33)21(20-30)35-25(24)29-18-17-22(27-2)28-26(29)31/h17-18,21,23-25,30,37H,3-16,19-20H2,1-2H3,(H,32,33)(H,27,28,31)/t21-,23?,24?,25-/m1/s1. The maximum atomic E-state index is 12.5. The van der Waals surface area contributed by atoms with Gasteiger partial charge in [-0.15, -0.1) is 0 Å². The van der Waals surface area contributed by atoms with Crippen molar-refractivity contribution in [2.45, 2.75) is 121 Å². The number of unbranched alkanes of at least 4 members (excludes halogenated alkanes) is 13. The van der Waals surface area contributed by atoms with Gasteiger partial charge in [0, 0.05) is 19.9 Å². The van der Waals surface area contributed by atoms with Crippen molar-refractivity contribution in [2.75, 3.05) is 25.6 Å². The third-order valence-corrected chi connectivity index (χ3v) is 7.34. The molecule has 37 heavy (non-hydrogen) atoms. The Kier molecular flexibility index (Phi) is 16.3. The molecule has 0 spiro atoms. The van der Waals surface area contributed by atoms with E-state index in [2.05, 4.69) is 17.2 Å². The van der Waals surface area contributed by atoms with Crippen molar-refractivity contribution in [3.8, 4) is 0 Å². The molecule has 5 atom stereocenters. The molecule has 2 rings (SSSR count). The summed E-state index contributed by atoms with van der Waals surface area (Å²) in [5, 5.41) is 12.5. The predicted molar refractivity (Wildman–Crippen MR) is 145 cm³/mol. The predicted octanol–water partition coefficient (Wildman–Crippen LogP) is 4.81. The third-order valence-electron chi connectivity index (χ3n) is 6.87. The zero-order valence-electron chi connectivity index (χ0n) is 22.6. The van der Waals surface area contributed by atoms with Crippen molar-refractivity contribution in [1.29, 1.82) is 0 Å². The molecule has 10 nitrogen and oxygen atoms in total. The fourth-order valence-corrected chi connectivity index (χ4v) is 5.30. The summed E-state index contributed by atoms with van der Waals surface area (Å²) in [6, 6.07) is 1.62. The van der Waals surface area contributed by atoms with Crippen LogP contribution < -0.4 is 11.0 Å². The Balaban J connectivity index is 1.73. The normalized spacial score (nSPS) is 22.4. The quantitative estimate of drug-likeness (QED) is 0.147. The van der Waals surface area contributed by atoms with Crippen LogP contribution in [0.15, 0.2) is 17.1 Å². The second-order valence-corrected chi connectivity index (χ2v) is 10.5. The minimum atomic E-state index is -3.31. The molecule has 1 aromatic heterocycles. The first-order chi connectivity index (χ1) is 18.0. The van der Waals surface area contributed by atoms with Crippen molar-refractivity contribution < 1.29 is 28.6 Å². The molecule has 0 radical (unpaired) electrons. The second kappa shape index (κ2) is 18.9. The van der Waals surface area contributed by atoms with Crippen LogP contribution in [0.5, 0.6) is 0 Å². The molecule has 2 heterocycles. The van der Waals surface area contributed by atoms with Gasteiger partial charge in [-0.25, -0.2) is 4.79 Å². The Bertz CT molecular complexity index is 826. The fraction of sp³-hybridized carbons (Fsp3) is 0.846. The molecule has 1 aliphatic heterocycles. The first-order valence-electron chi connectivity index (χ1n) is 14.1. The number of nitrogens with zero attached hydrogens (tertiary/aromatic N) is 2. The third kappa shape index (κ3) is 11.5. The first-order valence-corrected chi connectivity index (χ1v) is 15.3. The molecule has 214 valence electrons. The minimum Gasteiger partial charge on any atom is -0.394 e. The fourth-order valence-electron chi connectivity index (χ4n) is 4.78. The highest BCUT2D eigenvalue weighted by molar-refractivity contribution is 7.32. The lowest BCUT2D eigenvalue weighted by Crippen LogP contribution is -2.39. The molecule has 1 aliphatic rings. The molecular formula is C26H48N3O7P. The van der Waals surface area contributed by atoms with Crippen LogP contribution in [0.4, 0.5) is 5.82 Å². The number of ether oxygens (including phenoxy) is 2. The minimum absolute atomic E-state index is 0.393. The van der Waals surface area contributed by atoms with Crippen LogP contribution >= 0.6 is 8.25 Å². The Labute approximate surface area is 222 Å². The number of anilines is 1. The zero-order chi connectivity index (χ0) is 26.9. The smallest absolute Gasteiger partial charge is 0.351 e. The van der Waals surface area contributed by atoms with E-state index in [0.29, 0.717) is 12.4 Å². The van der Waals surface area contributed by atoms with Gasteiger partial charge in [0.25, 0.3) is 0 Å². The van der Waals surface area contributed by atoms with Gasteiger partial charge in [0.05, 0.1) is 6.61 Å². The second-order valence-electron chi connectivity index (χ2n) is 9.78. The van der Waals surface area contributed by atoms with Gasteiger partial charge in [-0.3, -0.25) is 9.13 Å². The van der Waals surface area contributed by atoms with Crippen LogP contribution in [0.1, 0.15) is 103 Å². The molecule has 0 aliphatic carbocycles. The van der Waals surface area contributed by atoms with Crippen LogP contribution in [-0.2, 0) is 18.6 Å². The van der Waals surface area contributed by atoms with Crippen molar-refractivity contribution in [3.63, 3.8) is 0 Å². The number of aliphatic hydroxyl groups is 1. The van der Waals surface area contributed by atoms with E-state index in [1.165, 1.54) is 81.4 Å². The SMILES string of the molecule is CCCCCCCCCCCCCCCCOC1C(O[PH](=O)O)[C@@H](CO)O[C@H]1n1ccc(NC)nc1=O. The average Bonchev–Trinajstić information content (AvgIpc) is 3.22. The summed E-state index contributed by atoms with van der Waals surface area (Å²) in [6.45, 7) is 2.21. The largest absolute Gasteiger partial charge is 0.394 e. The van der Waals surface area contributed by atoms with Gasteiger partial charge in [-0.2, -0.15) is 4.98 Å². The molecule has 3 N–H and O–H groups in total. The van der Waals surface area contributed by atoms with Crippen molar-refractivity contribution in [2.24, 2.45) is 0 Å². The number of rotatable bonds is 21. The van der Waals surface area contributed by atoms with E-state index in [0.717, 1.165) is 19.3 Å². The Morgan fingerprint density at radius 3 is 2.05 bits per heavy atom. The molecular weight excluding hydrogens is 497 g/mol. The average molecular weight is 546 g/mol. The van der Waals surface area contributed by atoms with Gasteiger partial charge in [-0.1, -0.05) is 90.4 Å². The summed E-state index contributed by atoms with van der Waals surface area (Å²) in [4.78, 5) is 25.8. The Morgan fingerprint density at radius 1 is 1.00 bits per heavy atom. The maximum absolute atomic E-state index is 12.5. The van der Waals surface area contributed by atoms with E-state index < -0.39 is 45.1 Å². The van der Waals surface area contributed by atoms with E-state index in [4.69, 9.17) is 14.0 Å². The number of hydrogen-bond donors (Lipinski definition) is 3. The first kappa shape index (κ1) is 31.9. The van der Waals surface area contributed by atoms with Crippen LogP contribution in [0, 0.1) is 0 Å². The summed E-state index contributed by atoms with van der Waals surface area (Å²) >= 11 is 0.